The fourth-order valence-corrected chi connectivity index (χ4v) is 2.23. The molecule has 1 aromatic rings. The van der Waals surface area contributed by atoms with Crippen molar-refractivity contribution in [3.05, 3.63) is 20.7 Å². The molecule has 6 heteroatoms. The summed E-state index contributed by atoms with van der Waals surface area (Å²) in [6.07, 6.45) is 0.994. The molecule has 1 rings (SSSR count). The van der Waals surface area contributed by atoms with E-state index in [0.717, 1.165) is 5.69 Å². The van der Waals surface area contributed by atoms with Crippen LogP contribution in [0.15, 0.2) is 10.2 Å². The Hall–Kier alpha value is -1.14. The zero-order valence-corrected chi connectivity index (χ0v) is 10.9. The van der Waals surface area contributed by atoms with Gasteiger partial charge >= 0.3 is 4.87 Å². The number of thiazole rings is 1. The van der Waals surface area contributed by atoms with E-state index in [9.17, 15) is 9.59 Å². The van der Waals surface area contributed by atoms with Gasteiger partial charge in [0.15, 0.2) is 0 Å². The highest BCUT2D eigenvalue weighted by atomic mass is 32.1. The SMILES string of the molecule is Cc1csc(=O)n1CCCC(=O)N[C@H](C)CO. The maximum Gasteiger partial charge on any atom is 0.307 e. The molecule has 0 aliphatic carbocycles. The molecule has 0 fully saturated rings. The molecule has 0 aliphatic rings. The Bertz CT molecular complexity index is 425. The van der Waals surface area contributed by atoms with Crippen molar-refractivity contribution in [3.63, 3.8) is 0 Å². The van der Waals surface area contributed by atoms with Crippen molar-refractivity contribution in [2.24, 2.45) is 0 Å². The van der Waals surface area contributed by atoms with Crippen molar-refractivity contribution < 1.29 is 9.90 Å². The molecule has 96 valence electrons. The van der Waals surface area contributed by atoms with Crippen molar-refractivity contribution in [2.75, 3.05) is 6.61 Å². The monoisotopic (exact) mass is 258 g/mol. The van der Waals surface area contributed by atoms with Crippen molar-refractivity contribution >= 4 is 17.2 Å². The van der Waals surface area contributed by atoms with Crippen LogP contribution in [-0.2, 0) is 11.3 Å². The molecule has 1 amide bonds. The van der Waals surface area contributed by atoms with E-state index in [1.807, 2.05) is 12.3 Å². The second kappa shape index (κ2) is 6.56. The lowest BCUT2D eigenvalue weighted by Gasteiger charge is -2.10. The van der Waals surface area contributed by atoms with E-state index in [1.165, 1.54) is 11.3 Å². The van der Waals surface area contributed by atoms with Crippen LogP contribution in [-0.4, -0.2) is 28.2 Å². The van der Waals surface area contributed by atoms with Crippen molar-refractivity contribution in [1.29, 1.82) is 0 Å². The van der Waals surface area contributed by atoms with Crippen molar-refractivity contribution in [1.82, 2.24) is 9.88 Å². The summed E-state index contributed by atoms with van der Waals surface area (Å²) in [6.45, 7) is 4.13. The summed E-state index contributed by atoms with van der Waals surface area (Å²) in [6, 6.07) is -0.215. The van der Waals surface area contributed by atoms with Gasteiger partial charge in [-0.25, -0.2) is 0 Å². The first-order valence-electron chi connectivity index (χ1n) is 5.59. The molecule has 1 aromatic heterocycles. The Morgan fingerprint density at radius 2 is 2.35 bits per heavy atom. The number of amides is 1. The lowest BCUT2D eigenvalue weighted by molar-refractivity contribution is -0.122. The van der Waals surface area contributed by atoms with Gasteiger partial charge in [0.2, 0.25) is 5.91 Å². The number of nitrogens with zero attached hydrogens (tertiary/aromatic N) is 1. The minimum absolute atomic E-state index is 0.0200. The van der Waals surface area contributed by atoms with Gasteiger partial charge in [0, 0.05) is 30.1 Å². The first kappa shape index (κ1) is 13.9. The maximum atomic E-state index is 11.4. The third kappa shape index (κ3) is 4.32. The largest absolute Gasteiger partial charge is 0.394 e. The predicted molar refractivity (Wildman–Crippen MR) is 67.2 cm³/mol. The van der Waals surface area contributed by atoms with Crippen LogP contribution in [0.2, 0.25) is 0 Å². The van der Waals surface area contributed by atoms with Crippen LogP contribution in [0.3, 0.4) is 0 Å². The Morgan fingerprint density at radius 3 is 2.88 bits per heavy atom. The van der Waals surface area contributed by atoms with Crippen LogP contribution in [0, 0.1) is 6.92 Å². The molecule has 5 nitrogen and oxygen atoms in total. The molecule has 0 unspecified atom stereocenters. The number of carbonyl (C=O) groups is 1. The van der Waals surface area contributed by atoms with Crippen LogP contribution in [0.5, 0.6) is 0 Å². The predicted octanol–water partition coefficient (Wildman–Crippen LogP) is 0.495. The van der Waals surface area contributed by atoms with Gasteiger partial charge in [0.1, 0.15) is 0 Å². The highest BCUT2D eigenvalue weighted by molar-refractivity contribution is 7.07. The second-order valence-corrected chi connectivity index (χ2v) is 4.87. The summed E-state index contributed by atoms with van der Waals surface area (Å²) in [5.74, 6) is -0.0903. The molecule has 17 heavy (non-hydrogen) atoms. The van der Waals surface area contributed by atoms with Gasteiger partial charge in [-0.05, 0) is 20.3 Å². The molecule has 0 saturated carbocycles. The van der Waals surface area contributed by atoms with Gasteiger partial charge in [-0.3, -0.25) is 9.59 Å². The number of aliphatic hydroxyl groups is 1. The highest BCUT2D eigenvalue weighted by Gasteiger charge is 2.07. The molecule has 0 bridgehead atoms. The van der Waals surface area contributed by atoms with E-state index in [-0.39, 0.29) is 23.4 Å². The van der Waals surface area contributed by atoms with Gasteiger partial charge in [0.05, 0.1) is 6.61 Å². The summed E-state index contributed by atoms with van der Waals surface area (Å²) in [4.78, 5) is 22.8. The van der Waals surface area contributed by atoms with Gasteiger partial charge in [-0.2, -0.15) is 0 Å². The standard InChI is InChI=1S/C11H18N2O3S/c1-8(6-14)12-10(15)4-3-5-13-9(2)7-17-11(13)16/h7-8,14H,3-6H2,1-2H3,(H,12,15)/t8-/m1/s1. The Kier molecular flexibility index (Phi) is 5.37. The lowest BCUT2D eigenvalue weighted by atomic mass is 10.2. The third-order valence-corrected chi connectivity index (χ3v) is 3.32. The zero-order chi connectivity index (χ0) is 12.8. The third-order valence-electron chi connectivity index (χ3n) is 2.44. The Labute approximate surface area is 104 Å². The lowest BCUT2D eigenvalue weighted by Crippen LogP contribution is -2.35. The van der Waals surface area contributed by atoms with Crippen LogP contribution < -0.4 is 10.2 Å². The Morgan fingerprint density at radius 1 is 1.65 bits per heavy atom. The Balaban J connectivity index is 2.33. The van der Waals surface area contributed by atoms with E-state index < -0.39 is 0 Å². The quantitative estimate of drug-likeness (QED) is 0.780. The van der Waals surface area contributed by atoms with E-state index in [1.54, 1.807) is 11.5 Å². The molecule has 0 aromatic carbocycles. The molecule has 0 spiro atoms. The summed E-state index contributed by atoms with van der Waals surface area (Å²) in [5.41, 5.74) is 0.934. The molecule has 1 atom stereocenters. The number of hydrogen-bond donors (Lipinski definition) is 2. The molecular formula is C11H18N2O3S. The minimum Gasteiger partial charge on any atom is -0.394 e. The number of aliphatic hydroxyl groups excluding tert-OH is 1. The number of aryl methyl sites for hydroxylation is 1. The number of hydrogen-bond acceptors (Lipinski definition) is 4. The first-order chi connectivity index (χ1) is 8.04. The van der Waals surface area contributed by atoms with Crippen molar-refractivity contribution in [3.8, 4) is 0 Å². The summed E-state index contributed by atoms with van der Waals surface area (Å²) in [7, 11) is 0. The molecule has 1 heterocycles. The molecule has 2 N–H and O–H groups in total. The number of carbonyl (C=O) groups excluding carboxylic acids is 1. The van der Waals surface area contributed by atoms with Crippen LogP contribution in [0.25, 0.3) is 0 Å². The topological polar surface area (TPSA) is 71.3 Å². The van der Waals surface area contributed by atoms with Crippen LogP contribution in [0.4, 0.5) is 0 Å². The fraction of sp³-hybridized carbons (Fsp3) is 0.636. The first-order valence-corrected chi connectivity index (χ1v) is 6.47. The number of nitrogens with one attached hydrogen (secondary N) is 1. The zero-order valence-electron chi connectivity index (χ0n) is 10.1. The number of rotatable bonds is 6. The average molecular weight is 258 g/mol. The van der Waals surface area contributed by atoms with Crippen LogP contribution in [0.1, 0.15) is 25.5 Å². The van der Waals surface area contributed by atoms with E-state index in [0.29, 0.717) is 19.4 Å². The van der Waals surface area contributed by atoms with E-state index >= 15 is 0 Å². The van der Waals surface area contributed by atoms with Crippen molar-refractivity contribution in [2.45, 2.75) is 39.3 Å². The van der Waals surface area contributed by atoms with E-state index in [2.05, 4.69) is 5.32 Å². The average Bonchev–Trinajstić information content (AvgIpc) is 2.60. The summed E-state index contributed by atoms with van der Waals surface area (Å²) < 4.78 is 1.67. The van der Waals surface area contributed by atoms with Gasteiger partial charge in [-0.15, -0.1) is 0 Å². The highest BCUT2D eigenvalue weighted by Crippen LogP contribution is 2.02. The molecule has 0 saturated heterocycles. The van der Waals surface area contributed by atoms with E-state index in [4.69, 9.17) is 5.11 Å². The molecular weight excluding hydrogens is 240 g/mol. The minimum atomic E-state index is -0.215. The second-order valence-electron chi connectivity index (χ2n) is 4.05. The normalized spacial score (nSPS) is 12.4. The van der Waals surface area contributed by atoms with Crippen LogP contribution >= 0.6 is 11.3 Å². The smallest absolute Gasteiger partial charge is 0.307 e. The maximum absolute atomic E-state index is 11.4. The van der Waals surface area contributed by atoms with Gasteiger partial charge in [0.25, 0.3) is 0 Å². The molecule has 0 aliphatic heterocycles. The summed E-state index contributed by atoms with van der Waals surface area (Å²) >= 11 is 1.18. The molecule has 0 radical (unpaired) electrons. The fourth-order valence-electron chi connectivity index (χ4n) is 1.46. The summed E-state index contributed by atoms with van der Waals surface area (Å²) in [5, 5.41) is 13.3. The van der Waals surface area contributed by atoms with Gasteiger partial charge < -0.3 is 15.0 Å². The number of aromatic nitrogens is 1. The van der Waals surface area contributed by atoms with Gasteiger partial charge in [-0.1, -0.05) is 11.3 Å².